The molecule has 0 radical (unpaired) electrons. The van der Waals surface area contributed by atoms with Gasteiger partial charge in [-0.2, -0.15) is 0 Å². The summed E-state index contributed by atoms with van der Waals surface area (Å²) in [5.41, 5.74) is 1.44. The molecule has 0 aliphatic carbocycles. The van der Waals surface area contributed by atoms with Crippen LogP contribution in [0.1, 0.15) is 20.8 Å². The molecule has 7 heteroatoms. The maximum Gasteiger partial charge on any atom is 0.411 e. The van der Waals surface area contributed by atoms with Gasteiger partial charge in [0.1, 0.15) is 0 Å². The smallest absolute Gasteiger partial charge is 0.411 e. The van der Waals surface area contributed by atoms with Crippen molar-refractivity contribution in [3.05, 3.63) is 18.2 Å². The van der Waals surface area contributed by atoms with Crippen molar-refractivity contribution in [2.24, 2.45) is 0 Å². The second kappa shape index (κ2) is 5.43. The minimum atomic E-state index is -1.07. The number of carboxylic acid groups (broad SMARTS) is 1. The van der Waals surface area contributed by atoms with Crippen LogP contribution in [0.5, 0.6) is 0 Å². The highest BCUT2D eigenvalue weighted by molar-refractivity contribution is 6.03. The molecule has 0 aromatic heterocycles. The number of hydrogen-bond donors (Lipinski definition) is 2. The first kappa shape index (κ1) is 14.8. The van der Waals surface area contributed by atoms with Crippen molar-refractivity contribution >= 4 is 35.0 Å². The van der Waals surface area contributed by atoms with Crippen LogP contribution >= 0.6 is 0 Å². The fourth-order valence-electron chi connectivity index (χ4n) is 2.57. The van der Waals surface area contributed by atoms with Gasteiger partial charge >= 0.3 is 6.09 Å². The summed E-state index contributed by atoms with van der Waals surface area (Å²) < 4.78 is 0. The van der Waals surface area contributed by atoms with Crippen LogP contribution in [0.3, 0.4) is 0 Å². The van der Waals surface area contributed by atoms with Gasteiger partial charge < -0.3 is 15.3 Å². The van der Waals surface area contributed by atoms with Gasteiger partial charge in [-0.25, -0.2) is 4.79 Å². The van der Waals surface area contributed by atoms with E-state index in [1.54, 1.807) is 30.0 Å². The Kier molecular flexibility index (Phi) is 3.84. The Balaban J connectivity index is 2.55. The first-order valence-corrected chi connectivity index (χ1v) is 6.53. The number of nitrogens with zero attached hydrogens (tertiary/aromatic N) is 2. The van der Waals surface area contributed by atoms with Gasteiger partial charge in [-0.15, -0.1) is 0 Å². The molecule has 112 valence electrons. The Morgan fingerprint density at radius 2 is 1.90 bits per heavy atom. The molecule has 1 atom stereocenters. The molecule has 0 saturated heterocycles. The molecule has 0 spiro atoms. The lowest BCUT2D eigenvalue weighted by atomic mass is 10.1. The Hall–Kier alpha value is -2.57. The maximum absolute atomic E-state index is 11.9. The van der Waals surface area contributed by atoms with E-state index in [0.29, 0.717) is 17.1 Å². The number of nitrogens with one attached hydrogen (secondary N) is 1. The van der Waals surface area contributed by atoms with E-state index in [1.807, 2.05) is 0 Å². The maximum atomic E-state index is 11.9. The molecule has 1 aromatic rings. The molecule has 1 aromatic carbocycles. The van der Waals surface area contributed by atoms with Crippen molar-refractivity contribution in [3.63, 3.8) is 0 Å². The van der Waals surface area contributed by atoms with E-state index >= 15 is 0 Å². The van der Waals surface area contributed by atoms with Crippen molar-refractivity contribution in [3.8, 4) is 0 Å². The minimum absolute atomic E-state index is 0.172. The molecule has 3 amide bonds. The van der Waals surface area contributed by atoms with Crippen LogP contribution < -0.4 is 15.1 Å². The SMILES string of the molecule is CC(=O)Nc1ccc2c(c1)N(C(C)=O)[C@@H](C)CN2C(=O)O. The van der Waals surface area contributed by atoms with Crippen LogP contribution in [-0.2, 0) is 9.59 Å². The van der Waals surface area contributed by atoms with Crippen LogP contribution in [0, 0.1) is 0 Å². The topological polar surface area (TPSA) is 90.0 Å². The average Bonchev–Trinajstić information content (AvgIpc) is 2.35. The zero-order chi connectivity index (χ0) is 15.7. The van der Waals surface area contributed by atoms with Crippen molar-refractivity contribution < 1.29 is 19.5 Å². The van der Waals surface area contributed by atoms with Gasteiger partial charge in [-0.05, 0) is 25.1 Å². The summed E-state index contributed by atoms with van der Waals surface area (Å²) in [4.78, 5) is 37.1. The lowest BCUT2D eigenvalue weighted by Gasteiger charge is -2.39. The molecule has 0 saturated carbocycles. The number of carbonyl (C=O) groups is 3. The van der Waals surface area contributed by atoms with E-state index in [1.165, 1.54) is 18.7 Å². The third kappa shape index (κ3) is 2.81. The molecule has 21 heavy (non-hydrogen) atoms. The zero-order valence-corrected chi connectivity index (χ0v) is 12.1. The van der Waals surface area contributed by atoms with Gasteiger partial charge in [0, 0.05) is 26.1 Å². The average molecular weight is 291 g/mol. The highest BCUT2D eigenvalue weighted by Crippen LogP contribution is 2.37. The van der Waals surface area contributed by atoms with Crippen molar-refractivity contribution in [2.45, 2.75) is 26.8 Å². The molecule has 1 aliphatic rings. The fraction of sp³-hybridized carbons (Fsp3) is 0.357. The second-order valence-electron chi connectivity index (χ2n) is 5.02. The molecule has 2 N–H and O–H groups in total. The Morgan fingerprint density at radius 1 is 1.24 bits per heavy atom. The molecule has 2 rings (SSSR count). The largest absolute Gasteiger partial charge is 0.465 e. The summed E-state index contributed by atoms with van der Waals surface area (Å²) in [6.07, 6.45) is -1.07. The van der Waals surface area contributed by atoms with Crippen LogP contribution in [-0.4, -0.2) is 35.6 Å². The molecule has 0 bridgehead atoms. The van der Waals surface area contributed by atoms with E-state index in [2.05, 4.69) is 5.32 Å². The fourth-order valence-corrected chi connectivity index (χ4v) is 2.57. The Labute approximate surface area is 122 Å². The normalized spacial score (nSPS) is 17.2. The number of carbonyl (C=O) groups excluding carboxylic acids is 2. The summed E-state index contributed by atoms with van der Waals surface area (Å²) in [5, 5.41) is 11.9. The van der Waals surface area contributed by atoms with Crippen molar-refractivity contribution in [1.29, 1.82) is 0 Å². The predicted octanol–water partition coefficient (Wildman–Crippen LogP) is 1.88. The standard InChI is InChI=1S/C14H17N3O4/c1-8-7-16(14(20)21)12-5-4-11(15-9(2)18)6-13(12)17(8)10(3)19/h4-6,8H,7H2,1-3H3,(H,15,18)(H,20,21)/t8-/m0/s1. The first-order valence-electron chi connectivity index (χ1n) is 6.53. The lowest BCUT2D eigenvalue weighted by Crippen LogP contribution is -2.51. The number of anilines is 3. The van der Waals surface area contributed by atoms with E-state index < -0.39 is 6.09 Å². The van der Waals surface area contributed by atoms with Gasteiger partial charge in [-0.3, -0.25) is 14.5 Å². The molecule has 0 unspecified atom stereocenters. The van der Waals surface area contributed by atoms with Gasteiger partial charge in [-0.1, -0.05) is 0 Å². The summed E-state index contributed by atoms with van der Waals surface area (Å²) in [6, 6.07) is 4.55. The van der Waals surface area contributed by atoms with Gasteiger partial charge in [0.05, 0.1) is 17.4 Å². The third-order valence-corrected chi connectivity index (χ3v) is 3.30. The van der Waals surface area contributed by atoms with E-state index in [-0.39, 0.29) is 24.4 Å². The quantitative estimate of drug-likeness (QED) is 0.826. The summed E-state index contributed by atoms with van der Waals surface area (Å²) in [7, 11) is 0. The molecular formula is C14H17N3O4. The summed E-state index contributed by atoms with van der Waals surface area (Å²) >= 11 is 0. The van der Waals surface area contributed by atoms with Gasteiger partial charge in [0.15, 0.2) is 0 Å². The van der Waals surface area contributed by atoms with Crippen LogP contribution in [0.2, 0.25) is 0 Å². The number of hydrogen-bond acceptors (Lipinski definition) is 3. The van der Waals surface area contributed by atoms with E-state index in [9.17, 15) is 19.5 Å². The van der Waals surface area contributed by atoms with Crippen LogP contribution in [0.4, 0.5) is 21.9 Å². The molecular weight excluding hydrogens is 274 g/mol. The number of amides is 3. The monoisotopic (exact) mass is 291 g/mol. The summed E-state index contributed by atoms with van der Waals surface area (Å²) in [5.74, 6) is -0.406. The zero-order valence-electron chi connectivity index (χ0n) is 12.1. The third-order valence-electron chi connectivity index (χ3n) is 3.30. The van der Waals surface area contributed by atoms with Crippen LogP contribution in [0.15, 0.2) is 18.2 Å². The molecule has 0 fully saturated rings. The lowest BCUT2D eigenvalue weighted by molar-refractivity contribution is -0.117. The van der Waals surface area contributed by atoms with Crippen LogP contribution in [0.25, 0.3) is 0 Å². The Morgan fingerprint density at radius 3 is 2.43 bits per heavy atom. The molecule has 1 aliphatic heterocycles. The summed E-state index contributed by atoms with van der Waals surface area (Å²) in [6.45, 7) is 4.81. The molecule has 1 heterocycles. The van der Waals surface area contributed by atoms with Gasteiger partial charge in [0.2, 0.25) is 11.8 Å². The van der Waals surface area contributed by atoms with Gasteiger partial charge in [0.25, 0.3) is 0 Å². The first-order chi connectivity index (χ1) is 9.81. The number of rotatable bonds is 1. The molecule has 7 nitrogen and oxygen atoms in total. The van der Waals surface area contributed by atoms with E-state index in [0.717, 1.165) is 0 Å². The van der Waals surface area contributed by atoms with E-state index in [4.69, 9.17) is 0 Å². The van der Waals surface area contributed by atoms with Crippen molar-refractivity contribution in [2.75, 3.05) is 21.7 Å². The highest BCUT2D eigenvalue weighted by atomic mass is 16.4. The van der Waals surface area contributed by atoms with Crippen molar-refractivity contribution in [1.82, 2.24) is 0 Å². The number of benzene rings is 1. The number of fused-ring (bicyclic) bond motifs is 1. The highest BCUT2D eigenvalue weighted by Gasteiger charge is 2.33. The minimum Gasteiger partial charge on any atom is -0.465 e. The Bertz CT molecular complexity index is 614. The second-order valence-corrected chi connectivity index (χ2v) is 5.02. The predicted molar refractivity (Wildman–Crippen MR) is 78.7 cm³/mol.